The van der Waals surface area contributed by atoms with E-state index in [2.05, 4.69) is 20.8 Å². The number of aromatic nitrogens is 2. The van der Waals surface area contributed by atoms with Crippen molar-refractivity contribution in [3.05, 3.63) is 5.01 Å². The molecule has 0 aliphatic rings. The lowest BCUT2D eigenvalue weighted by molar-refractivity contribution is 0.0952. The Hall–Kier alpha value is -1.02. The highest BCUT2D eigenvalue weighted by molar-refractivity contribution is 7.84. The second-order valence-corrected chi connectivity index (χ2v) is 5.58. The van der Waals surface area contributed by atoms with Gasteiger partial charge in [0.15, 0.2) is 0 Å². The molecule has 0 aliphatic heterocycles. The van der Waals surface area contributed by atoms with Crippen molar-refractivity contribution in [3.63, 3.8) is 0 Å². The summed E-state index contributed by atoms with van der Waals surface area (Å²) < 4.78 is 10.8. The van der Waals surface area contributed by atoms with Crippen LogP contribution >= 0.6 is 11.3 Å². The van der Waals surface area contributed by atoms with E-state index in [9.17, 15) is 9.00 Å². The topological polar surface area (TPSA) is 84.0 Å². The summed E-state index contributed by atoms with van der Waals surface area (Å²) >= 11 is 1.20. The minimum absolute atomic E-state index is 0.235. The second kappa shape index (κ2) is 6.54. The van der Waals surface area contributed by atoms with Gasteiger partial charge in [-0.3, -0.25) is 9.00 Å². The molecule has 0 aliphatic carbocycles. The summed E-state index contributed by atoms with van der Waals surface area (Å²) in [7, 11) is 0.912. The molecule has 0 aromatic carbocycles. The van der Waals surface area contributed by atoms with Gasteiger partial charge in [0, 0.05) is 36.4 Å². The molecule has 0 radical (unpaired) electrons. The highest BCUT2D eigenvalue weighted by Gasteiger charge is 2.11. The molecule has 1 amide bonds. The smallest absolute Gasteiger partial charge is 0.282 e. The molecule has 1 unspecified atom stereocenters. The van der Waals surface area contributed by atoms with Gasteiger partial charge < -0.3 is 10.6 Å². The third-order valence-electron chi connectivity index (χ3n) is 1.73. The van der Waals surface area contributed by atoms with Crippen LogP contribution in [0.25, 0.3) is 0 Å². The van der Waals surface area contributed by atoms with Crippen LogP contribution in [0.15, 0.2) is 0 Å². The van der Waals surface area contributed by atoms with Gasteiger partial charge in [-0.15, -0.1) is 10.2 Å². The Morgan fingerprint density at radius 3 is 2.81 bits per heavy atom. The molecule has 1 heterocycles. The van der Waals surface area contributed by atoms with E-state index in [1.54, 1.807) is 13.3 Å². The van der Waals surface area contributed by atoms with Crippen LogP contribution in [0.1, 0.15) is 16.2 Å². The van der Waals surface area contributed by atoms with E-state index in [-0.39, 0.29) is 5.91 Å². The molecule has 6 nitrogen and oxygen atoms in total. The fourth-order valence-electron chi connectivity index (χ4n) is 0.969. The number of carbonyl (C=O) groups is 1. The number of nitrogens with one attached hydrogen (secondary N) is 2. The van der Waals surface area contributed by atoms with E-state index in [1.165, 1.54) is 11.3 Å². The van der Waals surface area contributed by atoms with Crippen molar-refractivity contribution in [1.29, 1.82) is 0 Å². The molecule has 1 atom stereocenters. The summed E-state index contributed by atoms with van der Waals surface area (Å²) in [6.07, 6.45) is 2.35. The fourth-order valence-corrected chi connectivity index (χ4v) is 2.13. The molecule has 1 aromatic heterocycles. The summed E-state index contributed by atoms with van der Waals surface area (Å²) in [5.74, 6) is 0.360. The number of amides is 1. The van der Waals surface area contributed by atoms with Gasteiger partial charge in [0.1, 0.15) is 0 Å². The molecule has 0 saturated carbocycles. The Morgan fingerprint density at radius 2 is 2.25 bits per heavy atom. The zero-order chi connectivity index (χ0) is 12.0. The van der Waals surface area contributed by atoms with Crippen LogP contribution in [0.5, 0.6) is 0 Å². The number of nitrogens with zero attached hydrogens (tertiary/aromatic N) is 2. The van der Waals surface area contributed by atoms with Gasteiger partial charge in [-0.2, -0.15) is 0 Å². The predicted molar refractivity (Wildman–Crippen MR) is 65.3 cm³/mol. The lowest BCUT2D eigenvalue weighted by Crippen LogP contribution is -2.25. The predicted octanol–water partition coefficient (Wildman–Crippen LogP) is 0.0782. The third kappa shape index (κ3) is 4.23. The van der Waals surface area contributed by atoms with E-state index in [4.69, 9.17) is 0 Å². The van der Waals surface area contributed by atoms with Gasteiger partial charge in [0.05, 0.1) is 0 Å². The molecule has 0 spiro atoms. The zero-order valence-electron chi connectivity index (χ0n) is 9.15. The zero-order valence-corrected chi connectivity index (χ0v) is 10.8. The van der Waals surface area contributed by atoms with Crippen LogP contribution in [0.3, 0.4) is 0 Å². The SMILES string of the molecule is CNc1nnc(C(=O)NCCCS(C)=O)s1. The second-order valence-electron chi connectivity index (χ2n) is 3.05. The molecule has 2 N–H and O–H groups in total. The van der Waals surface area contributed by atoms with Crippen molar-refractivity contribution < 1.29 is 9.00 Å². The lowest BCUT2D eigenvalue weighted by Gasteiger charge is -2.00. The number of hydrogen-bond acceptors (Lipinski definition) is 6. The van der Waals surface area contributed by atoms with Crippen LogP contribution in [0.4, 0.5) is 5.13 Å². The van der Waals surface area contributed by atoms with Crippen LogP contribution in [-0.2, 0) is 10.8 Å². The van der Waals surface area contributed by atoms with Gasteiger partial charge in [-0.1, -0.05) is 11.3 Å². The fraction of sp³-hybridized carbons (Fsp3) is 0.625. The van der Waals surface area contributed by atoms with Crippen LogP contribution in [0, 0.1) is 0 Å². The molecular weight excluding hydrogens is 248 g/mol. The van der Waals surface area contributed by atoms with Crippen LogP contribution in [-0.4, -0.2) is 45.9 Å². The number of hydrogen-bond donors (Lipinski definition) is 2. The van der Waals surface area contributed by atoms with E-state index in [0.29, 0.717) is 28.9 Å². The first kappa shape index (κ1) is 13.0. The van der Waals surface area contributed by atoms with Crippen molar-refractivity contribution >= 4 is 33.2 Å². The molecule has 1 rings (SSSR count). The molecule has 90 valence electrons. The summed E-state index contributed by atoms with van der Waals surface area (Å²) in [4.78, 5) is 11.5. The summed E-state index contributed by atoms with van der Waals surface area (Å²) in [5, 5.41) is 13.9. The maximum atomic E-state index is 11.5. The van der Waals surface area contributed by atoms with Crippen molar-refractivity contribution in [2.75, 3.05) is 30.9 Å². The maximum Gasteiger partial charge on any atom is 0.282 e. The first-order valence-corrected chi connectivity index (χ1v) is 7.27. The summed E-state index contributed by atoms with van der Waals surface area (Å²) in [6.45, 7) is 0.507. The normalized spacial score (nSPS) is 12.1. The van der Waals surface area contributed by atoms with Crippen LogP contribution in [0.2, 0.25) is 0 Å². The highest BCUT2D eigenvalue weighted by atomic mass is 32.2. The first-order chi connectivity index (χ1) is 7.63. The lowest BCUT2D eigenvalue weighted by atomic mass is 10.4. The van der Waals surface area contributed by atoms with Gasteiger partial charge in [-0.25, -0.2) is 0 Å². The van der Waals surface area contributed by atoms with Crippen molar-refractivity contribution in [3.8, 4) is 0 Å². The van der Waals surface area contributed by atoms with E-state index >= 15 is 0 Å². The molecule has 8 heteroatoms. The highest BCUT2D eigenvalue weighted by Crippen LogP contribution is 2.13. The van der Waals surface area contributed by atoms with Gasteiger partial charge in [-0.05, 0) is 6.42 Å². The summed E-state index contributed by atoms with van der Waals surface area (Å²) in [5.41, 5.74) is 0. The van der Waals surface area contributed by atoms with Crippen molar-refractivity contribution in [1.82, 2.24) is 15.5 Å². The minimum Gasteiger partial charge on any atom is -0.363 e. The number of anilines is 1. The average Bonchev–Trinajstić information content (AvgIpc) is 2.72. The third-order valence-corrected chi connectivity index (χ3v) is 3.53. The van der Waals surface area contributed by atoms with E-state index in [1.807, 2.05) is 0 Å². The monoisotopic (exact) mass is 262 g/mol. The largest absolute Gasteiger partial charge is 0.363 e. The molecular formula is C8H14N4O2S2. The summed E-state index contributed by atoms with van der Waals surface area (Å²) in [6, 6.07) is 0. The maximum absolute atomic E-state index is 11.5. The average molecular weight is 262 g/mol. The minimum atomic E-state index is -0.809. The van der Waals surface area contributed by atoms with Gasteiger partial charge in [0.2, 0.25) is 10.1 Å². The quantitative estimate of drug-likeness (QED) is 0.709. The molecule has 0 bridgehead atoms. The number of rotatable bonds is 6. The molecule has 16 heavy (non-hydrogen) atoms. The van der Waals surface area contributed by atoms with E-state index in [0.717, 1.165) is 0 Å². The molecule has 0 fully saturated rings. The molecule has 0 saturated heterocycles. The first-order valence-electron chi connectivity index (χ1n) is 4.73. The standard InChI is InChI=1S/C8H14N4O2S2/c1-9-8-12-11-7(15-8)6(13)10-4-3-5-16(2)14/h3-5H2,1-2H3,(H,9,12)(H,10,13). The Morgan fingerprint density at radius 1 is 1.50 bits per heavy atom. The van der Waals surface area contributed by atoms with E-state index < -0.39 is 10.8 Å². The number of carbonyl (C=O) groups excluding carboxylic acids is 1. The van der Waals surface area contributed by atoms with Gasteiger partial charge >= 0.3 is 0 Å². The van der Waals surface area contributed by atoms with Gasteiger partial charge in [0.25, 0.3) is 5.91 Å². The Labute approximate surface area is 100 Å². The Balaban J connectivity index is 2.32. The molecule has 1 aromatic rings. The Kier molecular flexibility index (Phi) is 5.33. The Bertz CT molecular complexity index is 380. The van der Waals surface area contributed by atoms with Crippen molar-refractivity contribution in [2.24, 2.45) is 0 Å². The van der Waals surface area contributed by atoms with Crippen molar-refractivity contribution in [2.45, 2.75) is 6.42 Å². The van der Waals surface area contributed by atoms with Crippen LogP contribution < -0.4 is 10.6 Å².